The van der Waals surface area contributed by atoms with Crippen molar-refractivity contribution in [1.29, 1.82) is 0 Å². The molecular formula is C12H7ClFN3O2. The van der Waals surface area contributed by atoms with Gasteiger partial charge in [-0.2, -0.15) is 4.98 Å². The van der Waals surface area contributed by atoms with Crippen molar-refractivity contribution in [3.05, 3.63) is 57.7 Å². The Kier molecular flexibility index (Phi) is 2.79. The smallest absolute Gasteiger partial charge is 0.405 e. The highest BCUT2D eigenvalue weighted by atomic mass is 35.5. The predicted molar refractivity (Wildman–Crippen MR) is 65.7 cm³/mol. The Bertz CT molecular complexity index is 751. The van der Waals surface area contributed by atoms with Crippen LogP contribution in [0.1, 0.15) is 5.56 Å². The van der Waals surface area contributed by atoms with Crippen LogP contribution in [0.25, 0.3) is 11.6 Å². The number of hydrogen-bond donors (Lipinski definition) is 0. The number of hydrogen-bond acceptors (Lipinski definition) is 4. The minimum atomic E-state index is -0.747. The van der Waals surface area contributed by atoms with Crippen LogP contribution in [0.4, 0.5) is 4.39 Å². The molecule has 0 bridgehead atoms. The molecule has 1 aromatic heterocycles. The molecule has 96 valence electrons. The molecular weight excluding hydrogens is 273 g/mol. The lowest BCUT2D eigenvalue weighted by Gasteiger charge is -2.10. The number of halogens is 2. The molecule has 7 heteroatoms. The molecule has 2 aliphatic heterocycles. The van der Waals surface area contributed by atoms with E-state index in [1.54, 1.807) is 18.3 Å². The summed E-state index contributed by atoms with van der Waals surface area (Å²) in [6.07, 6.45) is 2.82. The maximum atomic E-state index is 13.4. The Balaban J connectivity index is 2.05. The van der Waals surface area contributed by atoms with E-state index in [1.807, 2.05) is 0 Å². The van der Waals surface area contributed by atoms with Crippen LogP contribution in [0.2, 0.25) is 5.15 Å². The van der Waals surface area contributed by atoms with Crippen molar-refractivity contribution < 1.29 is 8.81 Å². The summed E-state index contributed by atoms with van der Waals surface area (Å²) in [4.78, 5) is 18.7. The highest BCUT2D eigenvalue weighted by Crippen LogP contribution is 2.20. The lowest BCUT2D eigenvalue weighted by Crippen LogP contribution is -2.07. The van der Waals surface area contributed by atoms with E-state index in [0.29, 0.717) is 17.5 Å². The van der Waals surface area contributed by atoms with E-state index in [9.17, 15) is 9.18 Å². The van der Waals surface area contributed by atoms with Gasteiger partial charge in [-0.05, 0) is 11.6 Å². The number of oxazole rings is 1. The molecule has 0 amide bonds. The Morgan fingerprint density at radius 3 is 3.00 bits per heavy atom. The maximum absolute atomic E-state index is 13.4. The second-order valence-electron chi connectivity index (χ2n) is 3.94. The first-order chi connectivity index (χ1) is 9.11. The van der Waals surface area contributed by atoms with E-state index < -0.39 is 11.6 Å². The first-order valence-corrected chi connectivity index (χ1v) is 5.76. The van der Waals surface area contributed by atoms with Gasteiger partial charge in [0.2, 0.25) is 0 Å². The lowest BCUT2D eigenvalue weighted by atomic mass is 10.2. The Labute approximate surface area is 111 Å². The van der Waals surface area contributed by atoms with Gasteiger partial charge in [-0.1, -0.05) is 17.7 Å². The zero-order valence-electron chi connectivity index (χ0n) is 9.51. The van der Waals surface area contributed by atoms with Gasteiger partial charge in [0.05, 0.1) is 6.54 Å². The van der Waals surface area contributed by atoms with Gasteiger partial charge in [0, 0.05) is 18.5 Å². The molecule has 0 radical (unpaired) electrons. The van der Waals surface area contributed by atoms with E-state index in [4.69, 9.17) is 16.0 Å². The van der Waals surface area contributed by atoms with Crippen LogP contribution in [0.15, 0.2) is 39.8 Å². The Morgan fingerprint density at radius 2 is 2.26 bits per heavy atom. The molecule has 0 aliphatic carbocycles. The summed E-state index contributed by atoms with van der Waals surface area (Å²) in [5.41, 5.74) is 0.803. The summed E-state index contributed by atoms with van der Waals surface area (Å²) >= 11 is 5.69. The molecule has 0 unspecified atom stereocenters. The maximum Gasteiger partial charge on any atom is 0.441 e. The highest BCUT2D eigenvalue weighted by molar-refractivity contribution is 6.29. The van der Waals surface area contributed by atoms with E-state index >= 15 is 0 Å². The third-order valence-corrected chi connectivity index (χ3v) is 2.80. The second-order valence-corrected chi connectivity index (χ2v) is 4.33. The molecule has 0 atom stereocenters. The van der Waals surface area contributed by atoms with Gasteiger partial charge in [0.1, 0.15) is 11.0 Å². The van der Waals surface area contributed by atoms with Gasteiger partial charge < -0.3 is 8.98 Å². The van der Waals surface area contributed by atoms with E-state index in [2.05, 4.69) is 9.97 Å². The monoisotopic (exact) mass is 279 g/mol. The van der Waals surface area contributed by atoms with Crippen LogP contribution in [-0.4, -0.2) is 14.5 Å². The van der Waals surface area contributed by atoms with Crippen LogP contribution in [0.3, 0.4) is 0 Å². The minimum Gasteiger partial charge on any atom is -0.405 e. The standard InChI is InChI=1S/C12H7ClFN3O2/c13-10-2-1-7(4-15-10)5-17-6-8(14)3-9-11(17)16-12(18)19-9/h1-4,6H,5H2. The number of nitrogens with zero attached hydrogens (tertiary/aromatic N) is 3. The van der Waals surface area contributed by atoms with Crippen LogP contribution in [-0.2, 0) is 6.54 Å². The topological polar surface area (TPSA) is 60.9 Å². The summed E-state index contributed by atoms with van der Waals surface area (Å²) in [6, 6.07) is 4.52. The largest absolute Gasteiger partial charge is 0.441 e. The van der Waals surface area contributed by atoms with Gasteiger partial charge in [0.25, 0.3) is 0 Å². The normalized spacial score (nSPS) is 11.1. The fourth-order valence-corrected chi connectivity index (χ4v) is 1.91. The Hall–Kier alpha value is -2.21. The third kappa shape index (κ3) is 2.34. The van der Waals surface area contributed by atoms with Gasteiger partial charge in [-0.25, -0.2) is 14.2 Å². The van der Waals surface area contributed by atoms with Crippen molar-refractivity contribution in [3.8, 4) is 11.6 Å². The molecule has 0 saturated heterocycles. The first kappa shape index (κ1) is 11.9. The zero-order chi connectivity index (χ0) is 13.4. The molecule has 5 nitrogen and oxygen atoms in total. The average molecular weight is 280 g/mol. The van der Waals surface area contributed by atoms with Crippen LogP contribution >= 0.6 is 11.6 Å². The molecule has 0 fully saturated rings. The fourth-order valence-electron chi connectivity index (χ4n) is 1.79. The molecule has 2 aliphatic rings. The van der Waals surface area contributed by atoms with Crippen molar-refractivity contribution in [2.24, 2.45) is 0 Å². The average Bonchev–Trinajstić information content (AvgIpc) is 2.72. The van der Waals surface area contributed by atoms with Crippen molar-refractivity contribution in [2.75, 3.05) is 0 Å². The summed E-state index contributed by atoms with van der Waals surface area (Å²) in [5, 5.41) is 0.376. The summed E-state index contributed by atoms with van der Waals surface area (Å²) in [7, 11) is 0. The van der Waals surface area contributed by atoms with Crippen molar-refractivity contribution in [3.63, 3.8) is 0 Å². The Morgan fingerprint density at radius 1 is 1.42 bits per heavy atom. The molecule has 3 heterocycles. The van der Waals surface area contributed by atoms with Gasteiger partial charge >= 0.3 is 5.76 Å². The van der Waals surface area contributed by atoms with Gasteiger partial charge in [-0.3, -0.25) is 0 Å². The number of rotatable bonds is 2. The minimum absolute atomic E-state index is 0.118. The SMILES string of the molecule is O=c1nc2n(Cc3ccc(Cl)nc3)cc(F)cc-2o1. The third-order valence-electron chi connectivity index (χ3n) is 2.58. The summed E-state index contributed by atoms with van der Waals surface area (Å²) in [6.45, 7) is 0.310. The van der Waals surface area contributed by atoms with Crippen LogP contribution in [0.5, 0.6) is 0 Å². The lowest BCUT2D eigenvalue weighted by molar-refractivity contribution is 0.520. The molecule has 0 spiro atoms. The van der Waals surface area contributed by atoms with Crippen molar-refractivity contribution in [2.45, 2.75) is 6.54 Å². The predicted octanol–water partition coefficient (Wildman–Crippen LogP) is 2.18. The van der Waals surface area contributed by atoms with Crippen molar-refractivity contribution >= 4 is 11.6 Å². The molecule has 1 aromatic rings. The van der Waals surface area contributed by atoms with E-state index in [0.717, 1.165) is 11.6 Å². The molecule has 0 saturated carbocycles. The summed E-state index contributed by atoms with van der Waals surface area (Å²) < 4.78 is 19.7. The molecule has 0 aromatic carbocycles. The second kappa shape index (κ2) is 4.47. The van der Waals surface area contributed by atoms with Gasteiger partial charge in [0.15, 0.2) is 11.6 Å². The molecule has 0 N–H and O–H groups in total. The quantitative estimate of drug-likeness (QED) is 0.675. The highest BCUT2D eigenvalue weighted by Gasteiger charge is 2.16. The van der Waals surface area contributed by atoms with E-state index in [1.165, 1.54) is 10.8 Å². The summed E-state index contributed by atoms with van der Waals surface area (Å²) in [5.74, 6) is -0.845. The number of aromatic nitrogens is 3. The zero-order valence-corrected chi connectivity index (χ0v) is 10.3. The number of pyridine rings is 2. The van der Waals surface area contributed by atoms with Gasteiger partial charge in [-0.15, -0.1) is 0 Å². The van der Waals surface area contributed by atoms with Crippen molar-refractivity contribution in [1.82, 2.24) is 14.5 Å². The van der Waals surface area contributed by atoms with Crippen LogP contribution in [0, 0.1) is 5.82 Å². The first-order valence-electron chi connectivity index (χ1n) is 5.39. The molecule has 3 rings (SSSR count). The number of fused-ring (bicyclic) bond motifs is 1. The van der Waals surface area contributed by atoms with Crippen LogP contribution < -0.4 is 5.76 Å². The fraction of sp³-hybridized carbons (Fsp3) is 0.0833. The molecule has 19 heavy (non-hydrogen) atoms. The van der Waals surface area contributed by atoms with E-state index in [-0.39, 0.29) is 5.76 Å².